The summed E-state index contributed by atoms with van der Waals surface area (Å²) >= 11 is 0. The third-order valence-corrected chi connectivity index (χ3v) is 8.70. The predicted octanol–water partition coefficient (Wildman–Crippen LogP) is 1.64. The molecule has 0 aromatic carbocycles. The lowest BCUT2D eigenvalue weighted by atomic mass is 9.77. The molecule has 0 unspecified atom stereocenters. The Labute approximate surface area is 244 Å². The number of carbonyl (C=O) groups excluding carboxylic acids is 3. The summed E-state index contributed by atoms with van der Waals surface area (Å²) in [5, 5.41) is 32.4. The number of rotatable bonds is 6. The number of ketones is 2. The van der Waals surface area contributed by atoms with Crippen LogP contribution in [-0.4, -0.2) is 114 Å². The van der Waals surface area contributed by atoms with Gasteiger partial charge in [-0.15, -0.1) is 0 Å². The number of Topliss-reactive ketones (excluding diaryl/α,β-unsaturated/α-hetero) is 2. The first-order valence-electron chi connectivity index (χ1n) is 14.5. The Hall–Kier alpha value is -1.73. The second-order valence-corrected chi connectivity index (χ2v) is 12.4. The van der Waals surface area contributed by atoms with Crippen LogP contribution in [0, 0.1) is 17.8 Å². The number of likely N-dealkylation sites (N-methyl/N-ethyl adjacent to an activating group) is 1. The molecule has 0 radical (unpaired) electrons. The second kappa shape index (κ2) is 14.2. The summed E-state index contributed by atoms with van der Waals surface area (Å²) in [5.74, 6) is -4.64. The Bertz CT molecular complexity index is 965. The van der Waals surface area contributed by atoms with Crippen LogP contribution in [0.1, 0.15) is 67.7 Å². The van der Waals surface area contributed by atoms with Gasteiger partial charge in [-0.05, 0) is 67.1 Å². The van der Waals surface area contributed by atoms with Crippen molar-refractivity contribution in [2.75, 3.05) is 27.8 Å². The van der Waals surface area contributed by atoms with Gasteiger partial charge in [-0.25, -0.2) is 0 Å². The Morgan fingerprint density at radius 3 is 2.24 bits per heavy atom. The van der Waals surface area contributed by atoms with Crippen LogP contribution in [0.5, 0.6) is 0 Å². The Morgan fingerprint density at radius 1 is 1.12 bits per heavy atom. The van der Waals surface area contributed by atoms with E-state index in [0.717, 1.165) is 0 Å². The molecule has 2 rings (SSSR count). The number of ether oxygens (including phenoxy) is 4. The van der Waals surface area contributed by atoms with E-state index in [2.05, 4.69) is 0 Å². The summed E-state index contributed by atoms with van der Waals surface area (Å²) in [6.07, 6.45) is -2.47. The van der Waals surface area contributed by atoms with E-state index in [1.165, 1.54) is 27.0 Å². The van der Waals surface area contributed by atoms with Crippen molar-refractivity contribution in [2.45, 2.75) is 116 Å². The molecule has 2 heterocycles. The molecule has 0 spiro atoms. The Balaban J connectivity index is 2.65. The minimum atomic E-state index is -1.78. The molecule has 0 saturated carbocycles. The van der Waals surface area contributed by atoms with Gasteiger partial charge < -0.3 is 39.2 Å². The smallest absolute Gasteiger partial charge is 0.316 e. The molecule has 0 bridgehead atoms. The van der Waals surface area contributed by atoms with E-state index in [-0.39, 0.29) is 30.6 Å². The van der Waals surface area contributed by atoms with Crippen LogP contribution >= 0.6 is 0 Å². The maximum absolute atomic E-state index is 13.8. The fourth-order valence-corrected chi connectivity index (χ4v) is 6.08. The van der Waals surface area contributed by atoms with E-state index >= 15 is 0 Å². The highest BCUT2D eigenvalue weighted by molar-refractivity contribution is 6.00. The molecule has 0 aromatic rings. The van der Waals surface area contributed by atoms with Crippen molar-refractivity contribution in [3.8, 4) is 0 Å². The van der Waals surface area contributed by atoms with Gasteiger partial charge in [0.25, 0.3) is 0 Å². The van der Waals surface area contributed by atoms with Crippen LogP contribution in [0.4, 0.5) is 0 Å². The lowest BCUT2D eigenvalue weighted by molar-refractivity contribution is -0.295. The third kappa shape index (κ3) is 8.01. The van der Waals surface area contributed by atoms with Crippen molar-refractivity contribution in [1.82, 2.24) is 4.90 Å². The average molecular weight is 586 g/mol. The molecule has 1 fully saturated rings. The van der Waals surface area contributed by atoms with Gasteiger partial charge in [0.1, 0.15) is 23.7 Å². The number of hydrogen-bond acceptors (Lipinski definition) is 11. The highest BCUT2D eigenvalue weighted by atomic mass is 16.7. The van der Waals surface area contributed by atoms with E-state index in [9.17, 15) is 29.7 Å². The van der Waals surface area contributed by atoms with Crippen molar-refractivity contribution in [2.24, 2.45) is 17.8 Å². The summed E-state index contributed by atoms with van der Waals surface area (Å²) in [7, 11) is 5.14. The van der Waals surface area contributed by atoms with Crippen LogP contribution in [0.15, 0.2) is 11.6 Å². The first kappa shape index (κ1) is 35.5. The topological polar surface area (TPSA) is 152 Å². The highest BCUT2D eigenvalue weighted by Crippen LogP contribution is 2.37. The summed E-state index contributed by atoms with van der Waals surface area (Å²) in [5.41, 5.74) is -3.08. The van der Waals surface area contributed by atoms with E-state index < -0.39 is 77.7 Å². The van der Waals surface area contributed by atoms with Gasteiger partial charge in [-0.1, -0.05) is 20.8 Å². The van der Waals surface area contributed by atoms with Gasteiger partial charge >= 0.3 is 5.97 Å². The Kier molecular flexibility index (Phi) is 12.2. The molecule has 11 nitrogen and oxygen atoms in total. The zero-order valence-electron chi connectivity index (χ0n) is 26.2. The molecule has 11 atom stereocenters. The van der Waals surface area contributed by atoms with E-state index in [4.69, 9.17) is 18.9 Å². The van der Waals surface area contributed by atoms with Crippen molar-refractivity contribution >= 4 is 17.5 Å². The van der Waals surface area contributed by atoms with Crippen molar-refractivity contribution in [1.29, 1.82) is 0 Å². The van der Waals surface area contributed by atoms with Gasteiger partial charge in [0.2, 0.25) is 0 Å². The molecule has 2 aliphatic heterocycles. The monoisotopic (exact) mass is 585 g/mol. The number of esters is 1. The number of methoxy groups -OCH3 is 1. The van der Waals surface area contributed by atoms with Gasteiger partial charge in [0.15, 0.2) is 17.9 Å². The standard InChI is InChI=1S/C30H51NO10/c1-11-22-29(6,37)14-20(15-32)23(33)16(2)13-30(7,38-10)26(18(4)24(34)19(5)27(36)40-22)41-28-25(35)21(31(8)9)12-17(3)39-28/h14,16-19,21-22,25-26,28,32,35,37H,11-13,15H2,1-10H3/b20-14+/t16-,17-,18+,19-,21+,22-,25-,26-,28+,29-,30-/m1/s1. The number of cyclic esters (lactones) is 1. The molecular weight excluding hydrogens is 534 g/mol. The Morgan fingerprint density at radius 2 is 1.73 bits per heavy atom. The van der Waals surface area contributed by atoms with Gasteiger partial charge in [-0.2, -0.15) is 0 Å². The number of hydrogen-bond donors (Lipinski definition) is 3. The fourth-order valence-electron chi connectivity index (χ4n) is 6.08. The minimum Gasteiger partial charge on any atom is -0.458 e. The van der Waals surface area contributed by atoms with Crippen molar-refractivity contribution in [3.63, 3.8) is 0 Å². The highest BCUT2D eigenvalue weighted by Gasteiger charge is 2.49. The quantitative estimate of drug-likeness (QED) is 0.308. The first-order chi connectivity index (χ1) is 18.9. The van der Waals surface area contributed by atoms with Crippen molar-refractivity contribution < 1.29 is 48.7 Å². The summed E-state index contributed by atoms with van der Waals surface area (Å²) in [6, 6.07) is -0.271. The van der Waals surface area contributed by atoms with E-state index in [1.54, 1.807) is 27.7 Å². The molecule has 0 amide bonds. The summed E-state index contributed by atoms with van der Waals surface area (Å²) in [4.78, 5) is 42.4. The first-order valence-corrected chi connectivity index (χ1v) is 14.5. The average Bonchev–Trinajstić information content (AvgIpc) is 2.91. The van der Waals surface area contributed by atoms with Crippen LogP contribution < -0.4 is 0 Å². The lowest BCUT2D eigenvalue weighted by Gasteiger charge is -2.46. The van der Waals surface area contributed by atoms with Crippen LogP contribution in [0.2, 0.25) is 0 Å². The molecular formula is C30H51NO10. The van der Waals surface area contributed by atoms with Gasteiger partial charge in [-0.3, -0.25) is 14.4 Å². The van der Waals surface area contributed by atoms with Crippen LogP contribution in [-0.2, 0) is 33.3 Å². The predicted molar refractivity (Wildman–Crippen MR) is 151 cm³/mol. The molecule has 41 heavy (non-hydrogen) atoms. The molecule has 236 valence electrons. The minimum absolute atomic E-state index is 0.0316. The van der Waals surface area contributed by atoms with Crippen LogP contribution in [0.25, 0.3) is 0 Å². The largest absolute Gasteiger partial charge is 0.458 e. The van der Waals surface area contributed by atoms with Crippen LogP contribution in [0.3, 0.4) is 0 Å². The number of aliphatic hydroxyl groups is 3. The molecule has 2 aliphatic rings. The van der Waals surface area contributed by atoms with E-state index in [0.29, 0.717) is 6.42 Å². The van der Waals surface area contributed by atoms with Gasteiger partial charge in [0.05, 0.1) is 24.4 Å². The molecule has 1 saturated heterocycles. The normalized spacial score (nSPS) is 43.3. The SMILES string of the molecule is CC[C@H]1OC(=O)[C@H](C)C(=O)[C@H](C)[C@@H](O[C@@H]2O[C@H](C)C[C@H](N(C)C)[C@H]2O)[C@](C)(OC)C[C@@H](C)C(=O)/C(CO)=C/[C@@]1(C)O. The maximum Gasteiger partial charge on any atom is 0.316 e. The molecule has 0 aromatic heterocycles. The number of aliphatic hydroxyl groups excluding tert-OH is 2. The lowest BCUT2D eigenvalue weighted by Crippen LogP contribution is -2.59. The maximum atomic E-state index is 13.8. The number of carbonyl (C=O) groups is 3. The molecule has 11 heteroatoms. The molecule has 3 N–H and O–H groups in total. The summed E-state index contributed by atoms with van der Waals surface area (Å²) < 4.78 is 24.0. The van der Waals surface area contributed by atoms with Crippen molar-refractivity contribution in [3.05, 3.63) is 11.6 Å². The van der Waals surface area contributed by atoms with Gasteiger partial charge in [0, 0.05) is 30.6 Å². The number of nitrogens with zero attached hydrogens (tertiary/aromatic N) is 1. The molecule has 0 aliphatic carbocycles. The van der Waals surface area contributed by atoms with E-state index in [1.807, 2.05) is 25.9 Å². The second-order valence-electron chi connectivity index (χ2n) is 12.4. The zero-order chi connectivity index (χ0) is 31.4. The third-order valence-electron chi connectivity index (χ3n) is 8.70. The zero-order valence-corrected chi connectivity index (χ0v) is 26.2. The fraction of sp³-hybridized carbons (Fsp3) is 0.833. The summed E-state index contributed by atoms with van der Waals surface area (Å²) in [6.45, 7) is 10.8.